The molecule has 0 bridgehead atoms. The van der Waals surface area contributed by atoms with Crippen LogP contribution in [0.3, 0.4) is 0 Å². The summed E-state index contributed by atoms with van der Waals surface area (Å²) in [6, 6.07) is 32.9. The predicted molar refractivity (Wildman–Crippen MR) is 146 cm³/mol. The van der Waals surface area contributed by atoms with Crippen LogP contribution >= 0.6 is 11.8 Å². The van der Waals surface area contributed by atoms with E-state index in [2.05, 4.69) is 5.16 Å². The number of ketones is 1. The maximum absolute atomic E-state index is 13.3. The van der Waals surface area contributed by atoms with Crippen LogP contribution in [0.1, 0.15) is 35.5 Å². The first kappa shape index (κ1) is 24.3. The van der Waals surface area contributed by atoms with Crippen molar-refractivity contribution in [1.29, 1.82) is 0 Å². The second kappa shape index (κ2) is 10.7. The van der Waals surface area contributed by atoms with E-state index in [1.54, 1.807) is 30.8 Å². The van der Waals surface area contributed by atoms with E-state index in [9.17, 15) is 9.59 Å². The van der Waals surface area contributed by atoms with Crippen LogP contribution < -0.4 is 0 Å². The van der Waals surface area contributed by atoms with Crippen LogP contribution in [0.5, 0.6) is 0 Å². The first-order valence-electron chi connectivity index (χ1n) is 11.7. The molecule has 37 heavy (non-hydrogen) atoms. The van der Waals surface area contributed by atoms with Gasteiger partial charge in [0.15, 0.2) is 5.76 Å². The van der Waals surface area contributed by atoms with E-state index in [1.165, 1.54) is 6.92 Å². The molecule has 0 N–H and O–H groups in total. The van der Waals surface area contributed by atoms with Crippen molar-refractivity contribution < 1.29 is 18.8 Å². The minimum Gasteiger partial charge on any atom is -0.452 e. The molecule has 0 aliphatic heterocycles. The molecule has 0 saturated carbocycles. The minimum absolute atomic E-state index is 0.141. The number of rotatable bonds is 7. The standard InChI is InChI=1S/C31H23NO4S/c1-20(32-36-21(2)33)22-12-16-25(17-13-22)37-26-18-14-23(15-19-26)29-27-10-6-7-11-28(27)35-31(29)30(34)24-8-4-3-5-9-24/h3-19H,1-2H3. The van der Waals surface area contributed by atoms with E-state index in [4.69, 9.17) is 9.25 Å². The smallest absolute Gasteiger partial charge is 0.331 e. The highest BCUT2D eigenvalue weighted by molar-refractivity contribution is 7.99. The highest BCUT2D eigenvalue weighted by Gasteiger charge is 2.22. The van der Waals surface area contributed by atoms with E-state index in [1.807, 2.05) is 91.0 Å². The molecule has 0 aliphatic carbocycles. The van der Waals surface area contributed by atoms with Gasteiger partial charge in [0.25, 0.3) is 0 Å². The van der Waals surface area contributed by atoms with Gasteiger partial charge in [-0.1, -0.05) is 89.7 Å². The van der Waals surface area contributed by atoms with Crippen molar-refractivity contribution >= 4 is 40.2 Å². The summed E-state index contributed by atoms with van der Waals surface area (Å²) in [5, 5.41) is 4.74. The van der Waals surface area contributed by atoms with Gasteiger partial charge in [0, 0.05) is 33.2 Å². The summed E-state index contributed by atoms with van der Waals surface area (Å²) >= 11 is 1.63. The Morgan fingerprint density at radius 2 is 1.35 bits per heavy atom. The summed E-state index contributed by atoms with van der Waals surface area (Å²) in [4.78, 5) is 31.1. The summed E-state index contributed by atoms with van der Waals surface area (Å²) in [6.45, 7) is 3.11. The zero-order chi connectivity index (χ0) is 25.8. The molecule has 5 nitrogen and oxygen atoms in total. The van der Waals surface area contributed by atoms with Gasteiger partial charge >= 0.3 is 5.97 Å². The van der Waals surface area contributed by atoms with Gasteiger partial charge < -0.3 is 9.25 Å². The zero-order valence-corrected chi connectivity index (χ0v) is 21.1. The van der Waals surface area contributed by atoms with Crippen molar-refractivity contribution in [2.75, 3.05) is 0 Å². The predicted octanol–water partition coefficient (Wildman–Crippen LogP) is 7.77. The molecule has 0 spiro atoms. The van der Waals surface area contributed by atoms with E-state index in [0.717, 1.165) is 31.9 Å². The highest BCUT2D eigenvalue weighted by atomic mass is 32.2. The Balaban J connectivity index is 1.41. The Morgan fingerprint density at radius 3 is 2.03 bits per heavy atom. The number of hydrogen-bond donors (Lipinski definition) is 0. The monoisotopic (exact) mass is 505 g/mol. The van der Waals surface area contributed by atoms with Gasteiger partial charge in [-0.15, -0.1) is 0 Å². The van der Waals surface area contributed by atoms with Crippen LogP contribution in [0.15, 0.2) is 122 Å². The van der Waals surface area contributed by atoms with Crippen LogP contribution in [-0.2, 0) is 9.63 Å². The van der Waals surface area contributed by atoms with E-state index >= 15 is 0 Å². The maximum atomic E-state index is 13.3. The van der Waals surface area contributed by atoms with Gasteiger partial charge in [-0.05, 0) is 48.4 Å². The van der Waals surface area contributed by atoms with Crippen molar-refractivity contribution in [3.8, 4) is 11.1 Å². The second-order valence-corrected chi connectivity index (χ2v) is 9.55. The fourth-order valence-electron chi connectivity index (χ4n) is 3.99. The molecule has 182 valence electrons. The number of oxime groups is 1. The second-order valence-electron chi connectivity index (χ2n) is 8.41. The summed E-state index contributed by atoms with van der Waals surface area (Å²) < 4.78 is 6.06. The quantitative estimate of drug-likeness (QED) is 0.0978. The molecule has 1 heterocycles. The third kappa shape index (κ3) is 5.39. The number of benzene rings is 4. The fraction of sp³-hybridized carbons (Fsp3) is 0.0645. The van der Waals surface area contributed by atoms with E-state index in [0.29, 0.717) is 22.6 Å². The van der Waals surface area contributed by atoms with Crippen molar-refractivity contribution in [3.05, 3.63) is 120 Å². The lowest BCUT2D eigenvalue weighted by atomic mass is 9.98. The Labute approximate surface area is 218 Å². The lowest BCUT2D eigenvalue weighted by molar-refractivity contribution is -0.140. The molecule has 0 fully saturated rings. The van der Waals surface area contributed by atoms with Crippen LogP contribution in [0, 0.1) is 0 Å². The number of carbonyl (C=O) groups excluding carboxylic acids is 2. The average Bonchev–Trinajstić information content (AvgIpc) is 3.32. The lowest BCUT2D eigenvalue weighted by Crippen LogP contribution is -2.01. The molecule has 0 atom stereocenters. The molecule has 0 unspecified atom stereocenters. The Morgan fingerprint density at radius 1 is 0.730 bits per heavy atom. The molecular formula is C31H23NO4S. The molecular weight excluding hydrogens is 482 g/mol. The zero-order valence-electron chi connectivity index (χ0n) is 20.3. The first-order valence-corrected chi connectivity index (χ1v) is 12.5. The molecule has 0 aliphatic rings. The number of carbonyl (C=O) groups is 2. The number of fused-ring (bicyclic) bond motifs is 1. The molecule has 0 radical (unpaired) electrons. The van der Waals surface area contributed by atoms with Crippen molar-refractivity contribution in [1.82, 2.24) is 0 Å². The Bertz CT molecular complexity index is 1600. The summed E-state index contributed by atoms with van der Waals surface area (Å²) in [6.07, 6.45) is 0. The topological polar surface area (TPSA) is 68.9 Å². The SMILES string of the molecule is CC(=O)ON=C(C)c1ccc(Sc2ccc(-c3c(C(=O)c4ccccc4)oc4ccccc34)cc2)cc1. The third-order valence-corrected chi connectivity index (χ3v) is 6.82. The minimum atomic E-state index is -0.449. The highest BCUT2D eigenvalue weighted by Crippen LogP contribution is 2.37. The summed E-state index contributed by atoms with van der Waals surface area (Å²) in [5.74, 6) is -0.248. The molecule has 6 heteroatoms. The molecule has 1 aromatic heterocycles. The maximum Gasteiger partial charge on any atom is 0.331 e. The average molecular weight is 506 g/mol. The van der Waals surface area contributed by atoms with E-state index in [-0.39, 0.29) is 5.78 Å². The Kier molecular flexibility index (Phi) is 7.01. The largest absolute Gasteiger partial charge is 0.452 e. The van der Waals surface area contributed by atoms with Crippen LogP contribution in [-0.4, -0.2) is 17.5 Å². The van der Waals surface area contributed by atoms with Gasteiger partial charge in [0.2, 0.25) is 5.78 Å². The first-order chi connectivity index (χ1) is 18.0. The van der Waals surface area contributed by atoms with Crippen molar-refractivity contribution in [3.63, 3.8) is 0 Å². The van der Waals surface area contributed by atoms with Crippen molar-refractivity contribution in [2.24, 2.45) is 5.16 Å². The number of para-hydroxylation sites is 1. The molecule has 5 aromatic rings. The van der Waals surface area contributed by atoms with Crippen LogP contribution in [0.2, 0.25) is 0 Å². The molecule has 0 amide bonds. The van der Waals surface area contributed by atoms with Gasteiger partial charge in [-0.3, -0.25) is 4.79 Å². The number of nitrogens with zero attached hydrogens (tertiary/aromatic N) is 1. The molecule has 4 aromatic carbocycles. The number of hydrogen-bond acceptors (Lipinski definition) is 6. The summed E-state index contributed by atoms with van der Waals surface area (Å²) in [5.41, 5.74) is 4.50. The molecule has 5 rings (SSSR count). The molecule has 0 saturated heterocycles. The summed E-state index contributed by atoms with van der Waals surface area (Å²) in [7, 11) is 0. The lowest BCUT2D eigenvalue weighted by Gasteiger charge is -2.07. The fourth-order valence-corrected chi connectivity index (χ4v) is 4.80. The van der Waals surface area contributed by atoms with Gasteiger partial charge in [0.05, 0.1) is 5.71 Å². The normalized spacial score (nSPS) is 11.5. The van der Waals surface area contributed by atoms with Gasteiger partial charge in [-0.2, -0.15) is 0 Å². The van der Waals surface area contributed by atoms with Crippen molar-refractivity contribution in [2.45, 2.75) is 23.6 Å². The third-order valence-electron chi connectivity index (χ3n) is 5.80. The Hall–Kier alpha value is -4.42. The van der Waals surface area contributed by atoms with Gasteiger partial charge in [-0.25, -0.2) is 4.79 Å². The van der Waals surface area contributed by atoms with Gasteiger partial charge in [0.1, 0.15) is 5.58 Å². The van der Waals surface area contributed by atoms with Crippen LogP contribution in [0.25, 0.3) is 22.1 Å². The van der Waals surface area contributed by atoms with Crippen LogP contribution in [0.4, 0.5) is 0 Å². The van der Waals surface area contributed by atoms with E-state index < -0.39 is 5.97 Å². The number of furan rings is 1.